The zero-order valence-corrected chi connectivity index (χ0v) is 11.9. The minimum Gasteiger partial charge on any atom is -0.316 e. The van der Waals surface area contributed by atoms with Gasteiger partial charge < -0.3 is 5.32 Å². The molecule has 1 aromatic carbocycles. The molecule has 0 amide bonds. The van der Waals surface area contributed by atoms with E-state index in [1.807, 2.05) is 12.1 Å². The highest BCUT2D eigenvalue weighted by atomic mass is 35.5. The molecule has 0 spiro atoms. The number of benzene rings is 1. The average molecular weight is 272 g/mol. The summed E-state index contributed by atoms with van der Waals surface area (Å²) >= 11 is 12.1. The van der Waals surface area contributed by atoms with Gasteiger partial charge >= 0.3 is 0 Å². The van der Waals surface area contributed by atoms with Gasteiger partial charge in [-0.1, -0.05) is 43.1 Å². The Kier molecular flexibility index (Phi) is 4.35. The predicted molar refractivity (Wildman–Crippen MR) is 75.0 cm³/mol. The first-order valence-electron chi connectivity index (χ1n) is 6.23. The van der Waals surface area contributed by atoms with Crippen LogP contribution in [0.1, 0.15) is 31.7 Å². The average Bonchev–Trinajstić information content (AvgIpc) is 2.96. The van der Waals surface area contributed by atoms with Gasteiger partial charge in [-0.2, -0.15) is 0 Å². The molecule has 0 radical (unpaired) electrons. The summed E-state index contributed by atoms with van der Waals surface area (Å²) < 4.78 is 0. The van der Waals surface area contributed by atoms with E-state index in [2.05, 4.69) is 25.2 Å². The van der Waals surface area contributed by atoms with Gasteiger partial charge in [0.15, 0.2) is 0 Å². The van der Waals surface area contributed by atoms with Crippen molar-refractivity contribution in [2.45, 2.75) is 26.2 Å². The molecule has 0 saturated heterocycles. The van der Waals surface area contributed by atoms with Crippen LogP contribution >= 0.6 is 23.2 Å². The van der Waals surface area contributed by atoms with Gasteiger partial charge in [0.2, 0.25) is 0 Å². The van der Waals surface area contributed by atoms with Crippen LogP contribution in [-0.4, -0.2) is 13.1 Å². The first-order valence-corrected chi connectivity index (χ1v) is 6.99. The Morgan fingerprint density at radius 2 is 2.12 bits per heavy atom. The molecule has 3 heteroatoms. The quantitative estimate of drug-likeness (QED) is 0.840. The maximum Gasteiger partial charge on any atom is 0.0455 e. The van der Waals surface area contributed by atoms with E-state index in [9.17, 15) is 0 Å². The minimum atomic E-state index is 0.624. The van der Waals surface area contributed by atoms with Crippen molar-refractivity contribution >= 4 is 23.2 Å². The van der Waals surface area contributed by atoms with Crippen molar-refractivity contribution in [2.24, 2.45) is 11.8 Å². The van der Waals surface area contributed by atoms with Gasteiger partial charge in [-0.05, 0) is 55.0 Å². The second-order valence-electron chi connectivity index (χ2n) is 5.32. The van der Waals surface area contributed by atoms with Crippen LogP contribution in [-0.2, 0) is 0 Å². The van der Waals surface area contributed by atoms with E-state index in [1.54, 1.807) is 0 Å². The lowest BCUT2D eigenvalue weighted by Crippen LogP contribution is -2.22. The van der Waals surface area contributed by atoms with E-state index in [4.69, 9.17) is 23.2 Å². The summed E-state index contributed by atoms with van der Waals surface area (Å²) in [6, 6.07) is 5.84. The van der Waals surface area contributed by atoms with E-state index in [1.165, 1.54) is 12.0 Å². The molecule has 1 N–H and O–H groups in total. The summed E-state index contributed by atoms with van der Waals surface area (Å²) in [6.07, 6.45) is 1.24. The van der Waals surface area contributed by atoms with E-state index in [0.717, 1.165) is 24.0 Å². The Balaban J connectivity index is 1.85. The van der Waals surface area contributed by atoms with Crippen molar-refractivity contribution in [3.63, 3.8) is 0 Å². The topological polar surface area (TPSA) is 12.0 Å². The molecule has 0 heterocycles. The normalized spacial score (nSPS) is 23.1. The summed E-state index contributed by atoms with van der Waals surface area (Å²) in [5, 5.41) is 5.04. The lowest BCUT2D eigenvalue weighted by Gasteiger charge is -2.07. The Morgan fingerprint density at radius 1 is 1.35 bits per heavy atom. The van der Waals surface area contributed by atoms with E-state index in [-0.39, 0.29) is 0 Å². The van der Waals surface area contributed by atoms with Crippen molar-refractivity contribution < 1.29 is 0 Å². The monoisotopic (exact) mass is 271 g/mol. The van der Waals surface area contributed by atoms with Gasteiger partial charge in [0.1, 0.15) is 0 Å². The smallest absolute Gasteiger partial charge is 0.0455 e. The third-order valence-corrected chi connectivity index (χ3v) is 3.81. The van der Waals surface area contributed by atoms with Gasteiger partial charge in [-0.25, -0.2) is 0 Å². The number of hydrogen-bond acceptors (Lipinski definition) is 1. The summed E-state index contributed by atoms with van der Waals surface area (Å²) in [4.78, 5) is 0. The summed E-state index contributed by atoms with van der Waals surface area (Å²) in [6.45, 7) is 6.65. The zero-order valence-electron chi connectivity index (χ0n) is 10.3. The van der Waals surface area contributed by atoms with Crippen molar-refractivity contribution in [1.29, 1.82) is 0 Å². The van der Waals surface area contributed by atoms with Gasteiger partial charge in [-0.3, -0.25) is 0 Å². The van der Waals surface area contributed by atoms with E-state index < -0.39 is 0 Å². The summed E-state index contributed by atoms with van der Waals surface area (Å²) in [5.41, 5.74) is 1.26. The molecule has 1 aromatic rings. The van der Waals surface area contributed by atoms with Gasteiger partial charge in [0.25, 0.3) is 0 Å². The lowest BCUT2D eigenvalue weighted by atomic mass is 10.1. The maximum atomic E-state index is 6.21. The number of halogens is 2. The zero-order chi connectivity index (χ0) is 12.4. The lowest BCUT2D eigenvalue weighted by molar-refractivity contribution is 0.532. The van der Waals surface area contributed by atoms with Crippen molar-refractivity contribution in [2.75, 3.05) is 13.1 Å². The van der Waals surface area contributed by atoms with Crippen LogP contribution in [0, 0.1) is 11.8 Å². The Labute approximate surface area is 114 Å². The first kappa shape index (κ1) is 13.2. The molecule has 2 unspecified atom stereocenters. The van der Waals surface area contributed by atoms with Crippen LogP contribution in [0.4, 0.5) is 0 Å². The second kappa shape index (κ2) is 5.60. The largest absolute Gasteiger partial charge is 0.316 e. The highest BCUT2D eigenvalue weighted by molar-refractivity contribution is 6.35. The van der Waals surface area contributed by atoms with Crippen LogP contribution in [0.2, 0.25) is 10.0 Å². The van der Waals surface area contributed by atoms with Gasteiger partial charge in [-0.15, -0.1) is 0 Å². The SMILES string of the molecule is CC(C)CNCC1CC1c1ccc(Cl)cc1Cl. The highest BCUT2D eigenvalue weighted by Gasteiger charge is 2.38. The number of hydrogen-bond donors (Lipinski definition) is 1. The van der Waals surface area contributed by atoms with Crippen LogP contribution in [0.25, 0.3) is 0 Å². The van der Waals surface area contributed by atoms with Crippen LogP contribution in [0.15, 0.2) is 18.2 Å². The van der Waals surface area contributed by atoms with Crippen LogP contribution < -0.4 is 5.32 Å². The molecule has 17 heavy (non-hydrogen) atoms. The Hall–Kier alpha value is -0.240. The third-order valence-electron chi connectivity index (χ3n) is 3.24. The van der Waals surface area contributed by atoms with Gasteiger partial charge in [0.05, 0.1) is 0 Å². The molecule has 0 bridgehead atoms. The molecular weight excluding hydrogens is 253 g/mol. The van der Waals surface area contributed by atoms with E-state index in [0.29, 0.717) is 16.9 Å². The molecule has 94 valence electrons. The summed E-state index contributed by atoms with van der Waals surface area (Å²) in [7, 11) is 0. The fourth-order valence-corrected chi connectivity index (χ4v) is 2.76. The van der Waals surface area contributed by atoms with Crippen molar-refractivity contribution in [3.05, 3.63) is 33.8 Å². The molecular formula is C14H19Cl2N. The van der Waals surface area contributed by atoms with Crippen molar-refractivity contribution in [1.82, 2.24) is 5.32 Å². The first-order chi connectivity index (χ1) is 8.08. The number of rotatable bonds is 5. The molecule has 0 aliphatic heterocycles. The summed E-state index contributed by atoms with van der Waals surface area (Å²) in [5.74, 6) is 2.08. The predicted octanol–water partition coefficient (Wildman–Crippen LogP) is 4.34. The van der Waals surface area contributed by atoms with Crippen LogP contribution in [0.5, 0.6) is 0 Å². The molecule has 1 saturated carbocycles. The molecule has 1 aliphatic carbocycles. The molecule has 0 aromatic heterocycles. The van der Waals surface area contributed by atoms with E-state index >= 15 is 0 Å². The molecule has 1 aliphatic rings. The Morgan fingerprint density at radius 3 is 2.76 bits per heavy atom. The number of nitrogens with one attached hydrogen (secondary N) is 1. The molecule has 1 nitrogen and oxygen atoms in total. The fraction of sp³-hybridized carbons (Fsp3) is 0.571. The highest BCUT2D eigenvalue weighted by Crippen LogP contribution is 2.49. The second-order valence-corrected chi connectivity index (χ2v) is 6.16. The minimum absolute atomic E-state index is 0.624. The fourth-order valence-electron chi connectivity index (χ4n) is 2.21. The molecule has 2 rings (SSSR count). The standard InChI is InChI=1S/C14H19Cl2N/c1-9(2)7-17-8-10-5-13(10)12-4-3-11(15)6-14(12)16/h3-4,6,9-10,13,17H,5,7-8H2,1-2H3. The maximum absolute atomic E-state index is 6.21. The van der Waals surface area contributed by atoms with Gasteiger partial charge in [0, 0.05) is 10.0 Å². The Bertz CT molecular complexity index is 390. The third kappa shape index (κ3) is 3.61. The molecule has 1 fully saturated rings. The van der Waals surface area contributed by atoms with Crippen molar-refractivity contribution in [3.8, 4) is 0 Å². The van der Waals surface area contributed by atoms with Crippen LogP contribution in [0.3, 0.4) is 0 Å². The molecule has 2 atom stereocenters.